The zero-order valence-corrected chi connectivity index (χ0v) is 21.4. The summed E-state index contributed by atoms with van der Waals surface area (Å²) in [4.78, 5) is 20.0. The van der Waals surface area contributed by atoms with Crippen LogP contribution in [0, 0.1) is 5.92 Å². The molecule has 0 bridgehead atoms. The van der Waals surface area contributed by atoms with Gasteiger partial charge in [0.05, 0.1) is 5.52 Å². The van der Waals surface area contributed by atoms with Crippen molar-refractivity contribution in [2.45, 2.75) is 69.7 Å². The molecule has 1 amide bonds. The smallest absolute Gasteiger partial charge is 0.222 e. The largest absolute Gasteiger partial charge is 0.457 e. The number of benzene rings is 2. The van der Waals surface area contributed by atoms with Crippen molar-refractivity contribution >= 4 is 16.8 Å². The monoisotopic (exact) mass is 486 g/mol. The van der Waals surface area contributed by atoms with E-state index < -0.39 is 0 Å². The maximum Gasteiger partial charge on any atom is 0.222 e. The molecule has 36 heavy (non-hydrogen) atoms. The number of carbonyl (C=O) groups is 1. The predicted octanol–water partition coefficient (Wildman–Crippen LogP) is 7.11. The summed E-state index contributed by atoms with van der Waals surface area (Å²) in [5.74, 6) is 2.72. The quantitative estimate of drug-likeness (QED) is 0.340. The third-order valence-electron chi connectivity index (χ3n) is 8.10. The van der Waals surface area contributed by atoms with Gasteiger partial charge in [-0.2, -0.15) is 0 Å². The van der Waals surface area contributed by atoms with Gasteiger partial charge in [-0.25, -0.2) is 0 Å². The van der Waals surface area contributed by atoms with E-state index in [4.69, 9.17) is 14.5 Å². The Morgan fingerprint density at radius 3 is 2.56 bits per heavy atom. The van der Waals surface area contributed by atoms with Crippen molar-refractivity contribution in [1.29, 1.82) is 0 Å². The van der Waals surface area contributed by atoms with Crippen LogP contribution >= 0.6 is 0 Å². The zero-order valence-electron chi connectivity index (χ0n) is 21.4. The van der Waals surface area contributed by atoms with Crippen molar-refractivity contribution in [3.63, 3.8) is 0 Å². The van der Waals surface area contributed by atoms with Crippen LogP contribution in [0.1, 0.15) is 69.3 Å². The van der Waals surface area contributed by atoms with E-state index >= 15 is 0 Å². The lowest BCUT2D eigenvalue weighted by Crippen LogP contribution is -2.38. The minimum absolute atomic E-state index is 0.284. The Bertz CT molecular complexity index is 1140. The Hall–Kier alpha value is -2.92. The molecule has 2 aliphatic rings. The minimum Gasteiger partial charge on any atom is -0.457 e. The van der Waals surface area contributed by atoms with E-state index in [9.17, 15) is 4.79 Å². The Morgan fingerprint density at radius 2 is 1.78 bits per heavy atom. The number of fused-ring (bicyclic) bond motifs is 1. The lowest BCUT2D eigenvalue weighted by molar-refractivity contribution is -0.132. The van der Waals surface area contributed by atoms with E-state index in [1.807, 2.05) is 60.6 Å². The third-order valence-corrected chi connectivity index (χ3v) is 8.10. The van der Waals surface area contributed by atoms with Gasteiger partial charge in [-0.05, 0) is 85.9 Å². The fraction of sp³-hybridized carbons (Fsp3) is 0.484. The van der Waals surface area contributed by atoms with Gasteiger partial charge in [0.25, 0.3) is 0 Å². The van der Waals surface area contributed by atoms with Crippen molar-refractivity contribution in [2.24, 2.45) is 5.92 Å². The lowest BCUT2D eigenvalue weighted by Gasteiger charge is -2.33. The second kappa shape index (κ2) is 11.9. The fourth-order valence-corrected chi connectivity index (χ4v) is 5.94. The van der Waals surface area contributed by atoms with E-state index in [0.29, 0.717) is 24.3 Å². The Balaban J connectivity index is 1.34. The Kier molecular flexibility index (Phi) is 8.17. The number of carbonyl (C=O) groups excluding carboxylic acids is 1. The van der Waals surface area contributed by atoms with E-state index in [2.05, 4.69) is 12.1 Å². The van der Waals surface area contributed by atoms with E-state index in [-0.39, 0.29) is 5.91 Å². The van der Waals surface area contributed by atoms with Gasteiger partial charge in [0, 0.05) is 44.3 Å². The molecule has 190 valence electrons. The van der Waals surface area contributed by atoms with Crippen molar-refractivity contribution < 1.29 is 14.3 Å². The molecule has 5 nitrogen and oxygen atoms in total. The summed E-state index contributed by atoms with van der Waals surface area (Å²) in [6, 6.07) is 18.6. The van der Waals surface area contributed by atoms with Crippen LogP contribution < -0.4 is 4.74 Å². The first kappa shape index (κ1) is 24.8. The molecule has 5 rings (SSSR count). The maximum absolute atomic E-state index is 13.2. The van der Waals surface area contributed by atoms with E-state index in [1.165, 1.54) is 24.8 Å². The topological polar surface area (TPSA) is 51.7 Å². The number of pyridine rings is 1. The molecule has 1 aliphatic heterocycles. The SMILES string of the molecule is CN(C(=O)CC[C@H](c1cnc2ccc(Oc3ccccc3)cc2c1)C1CCOCC1)C1CCCCC1. The molecule has 1 saturated heterocycles. The lowest BCUT2D eigenvalue weighted by atomic mass is 9.78. The first-order valence-electron chi connectivity index (χ1n) is 13.6. The molecule has 2 heterocycles. The molecule has 0 unspecified atom stereocenters. The molecule has 1 saturated carbocycles. The summed E-state index contributed by atoms with van der Waals surface area (Å²) in [5.41, 5.74) is 2.18. The van der Waals surface area contributed by atoms with Crippen LogP contribution in [0.2, 0.25) is 0 Å². The van der Waals surface area contributed by atoms with Gasteiger partial charge in [-0.15, -0.1) is 0 Å². The van der Waals surface area contributed by atoms with Crippen LogP contribution in [0.3, 0.4) is 0 Å². The number of rotatable bonds is 8. The van der Waals surface area contributed by atoms with Crippen molar-refractivity contribution in [1.82, 2.24) is 9.88 Å². The number of ether oxygens (including phenoxy) is 2. The molecule has 0 radical (unpaired) electrons. The summed E-state index contributed by atoms with van der Waals surface area (Å²) in [6.07, 6.45) is 11.6. The van der Waals surface area contributed by atoms with Crippen LogP contribution in [0.4, 0.5) is 0 Å². The first-order valence-corrected chi connectivity index (χ1v) is 13.6. The van der Waals surface area contributed by atoms with Gasteiger partial charge in [0.2, 0.25) is 5.91 Å². The van der Waals surface area contributed by atoms with Crippen molar-refractivity contribution in [3.8, 4) is 11.5 Å². The summed E-state index contributed by atoms with van der Waals surface area (Å²) in [6.45, 7) is 1.60. The minimum atomic E-state index is 0.284. The highest BCUT2D eigenvalue weighted by molar-refractivity contribution is 5.81. The van der Waals surface area contributed by atoms with Crippen LogP contribution in [-0.2, 0) is 9.53 Å². The molecule has 0 N–H and O–H groups in total. The molecule has 3 aromatic rings. The second-order valence-electron chi connectivity index (χ2n) is 10.4. The normalized spacial score (nSPS) is 18.1. The highest BCUT2D eigenvalue weighted by Gasteiger charge is 2.28. The number of amides is 1. The van der Waals surface area contributed by atoms with Gasteiger partial charge in [-0.1, -0.05) is 37.5 Å². The van der Waals surface area contributed by atoms with Gasteiger partial charge >= 0.3 is 0 Å². The van der Waals surface area contributed by atoms with Gasteiger partial charge in [-0.3, -0.25) is 9.78 Å². The number of nitrogens with zero attached hydrogens (tertiary/aromatic N) is 2. The summed E-state index contributed by atoms with van der Waals surface area (Å²) in [7, 11) is 2.01. The predicted molar refractivity (Wildman–Crippen MR) is 143 cm³/mol. The molecule has 5 heteroatoms. The molecule has 2 aromatic carbocycles. The Morgan fingerprint density at radius 1 is 1.00 bits per heavy atom. The first-order chi connectivity index (χ1) is 17.7. The number of hydrogen-bond donors (Lipinski definition) is 0. The molecule has 1 aromatic heterocycles. The summed E-state index contributed by atoms with van der Waals surface area (Å²) >= 11 is 0. The number of aromatic nitrogens is 1. The van der Waals surface area contributed by atoms with Gasteiger partial charge in [0.15, 0.2) is 0 Å². The molecule has 0 spiro atoms. The summed E-state index contributed by atoms with van der Waals surface area (Å²) < 4.78 is 11.7. The van der Waals surface area contributed by atoms with Gasteiger partial charge in [0.1, 0.15) is 11.5 Å². The standard InChI is InChI=1S/C31H38N2O3/c1-33(26-8-4-2-5-9-26)31(34)15-13-29(23-16-18-35-19-17-23)25-20-24-21-28(12-14-30(24)32-22-25)36-27-10-6-3-7-11-27/h3,6-7,10-12,14,20-23,26,29H,2,4-5,8-9,13,15-19H2,1H3/t29-/m0/s1. The molecular weight excluding hydrogens is 448 g/mol. The number of para-hydroxylation sites is 1. The maximum atomic E-state index is 13.2. The highest BCUT2D eigenvalue weighted by Crippen LogP contribution is 2.37. The molecule has 1 aliphatic carbocycles. The zero-order chi connectivity index (χ0) is 24.7. The fourth-order valence-electron chi connectivity index (χ4n) is 5.94. The average molecular weight is 487 g/mol. The van der Waals surface area contributed by atoms with Crippen LogP contribution in [0.25, 0.3) is 10.9 Å². The molecule has 1 atom stereocenters. The second-order valence-corrected chi connectivity index (χ2v) is 10.4. The van der Waals surface area contributed by atoms with Gasteiger partial charge < -0.3 is 14.4 Å². The number of hydrogen-bond acceptors (Lipinski definition) is 4. The van der Waals surface area contributed by atoms with Crippen molar-refractivity contribution in [2.75, 3.05) is 20.3 Å². The molecule has 2 fully saturated rings. The Labute approximate surface area is 214 Å². The van der Waals surface area contributed by atoms with E-state index in [1.54, 1.807) is 0 Å². The third kappa shape index (κ3) is 6.07. The van der Waals surface area contributed by atoms with E-state index in [0.717, 1.165) is 67.7 Å². The highest BCUT2D eigenvalue weighted by atomic mass is 16.5. The molecular formula is C31H38N2O3. The average Bonchev–Trinajstić information content (AvgIpc) is 2.94. The van der Waals surface area contributed by atoms with Crippen LogP contribution in [0.15, 0.2) is 60.8 Å². The summed E-state index contributed by atoms with van der Waals surface area (Å²) in [5, 5.41) is 1.07. The van der Waals surface area contributed by atoms with Crippen LogP contribution in [-0.4, -0.2) is 42.1 Å². The van der Waals surface area contributed by atoms with Crippen LogP contribution in [0.5, 0.6) is 11.5 Å². The van der Waals surface area contributed by atoms with Crippen molar-refractivity contribution in [3.05, 3.63) is 66.4 Å².